The molecule has 0 saturated heterocycles. The fourth-order valence-corrected chi connectivity index (χ4v) is 3.10. The molecular weight excluding hydrogens is 309 g/mol. The number of halogens is 3. The third kappa shape index (κ3) is 2.83. The Labute approximate surface area is 130 Å². The SMILES string of the molecule is CCSc1ccccc1-c1ccc2nc(C(F)(F)F)cn2c1. The van der Waals surface area contributed by atoms with Gasteiger partial charge in [0.2, 0.25) is 0 Å². The van der Waals surface area contributed by atoms with Crippen molar-refractivity contribution in [2.75, 3.05) is 5.75 Å². The summed E-state index contributed by atoms with van der Waals surface area (Å²) < 4.78 is 39.6. The maximum atomic E-state index is 12.7. The highest BCUT2D eigenvalue weighted by Gasteiger charge is 2.33. The first-order chi connectivity index (χ1) is 10.5. The molecule has 0 bridgehead atoms. The zero-order valence-electron chi connectivity index (χ0n) is 11.8. The zero-order chi connectivity index (χ0) is 15.7. The number of imidazole rings is 1. The van der Waals surface area contributed by atoms with E-state index in [1.54, 1.807) is 30.1 Å². The number of hydrogen-bond acceptors (Lipinski definition) is 2. The number of nitrogens with zero attached hydrogens (tertiary/aromatic N) is 2. The second-order valence-corrected chi connectivity index (χ2v) is 6.04. The Bertz CT molecular complexity index is 809. The number of benzene rings is 1. The molecule has 0 unspecified atom stereocenters. The second kappa shape index (κ2) is 5.68. The molecule has 0 atom stereocenters. The van der Waals surface area contributed by atoms with Crippen molar-refractivity contribution in [2.24, 2.45) is 0 Å². The van der Waals surface area contributed by atoms with Crippen LogP contribution in [0.1, 0.15) is 12.6 Å². The number of rotatable bonds is 3. The first-order valence-electron chi connectivity index (χ1n) is 6.77. The Hall–Kier alpha value is -1.95. The zero-order valence-corrected chi connectivity index (χ0v) is 12.6. The van der Waals surface area contributed by atoms with Crippen molar-refractivity contribution in [3.63, 3.8) is 0 Å². The van der Waals surface area contributed by atoms with E-state index in [4.69, 9.17) is 0 Å². The Morgan fingerprint density at radius 2 is 1.86 bits per heavy atom. The fraction of sp³-hybridized carbons (Fsp3) is 0.188. The molecule has 6 heteroatoms. The van der Waals surface area contributed by atoms with Gasteiger partial charge in [0.1, 0.15) is 5.65 Å². The highest BCUT2D eigenvalue weighted by atomic mass is 32.2. The first-order valence-corrected chi connectivity index (χ1v) is 7.76. The lowest BCUT2D eigenvalue weighted by atomic mass is 10.1. The van der Waals surface area contributed by atoms with Crippen LogP contribution in [0.4, 0.5) is 13.2 Å². The summed E-state index contributed by atoms with van der Waals surface area (Å²) in [6.45, 7) is 2.07. The topological polar surface area (TPSA) is 17.3 Å². The van der Waals surface area contributed by atoms with Gasteiger partial charge in [-0.25, -0.2) is 4.98 Å². The van der Waals surface area contributed by atoms with E-state index in [0.29, 0.717) is 0 Å². The minimum Gasteiger partial charge on any atom is -0.306 e. The third-order valence-corrected chi connectivity index (χ3v) is 4.20. The van der Waals surface area contributed by atoms with Crippen LogP contribution in [0.2, 0.25) is 0 Å². The average Bonchev–Trinajstić information content (AvgIpc) is 2.91. The van der Waals surface area contributed by atoms with Crippen molar-refractivity contribution in [1.82, 2.24) is 9.38 Å². The van der Waals surface area contributed by atoms with Crippen molar-refractivity contribution in [3.8, 4) is 11.1 Å². The molecular formula is C16H13F3N2S. The minimum absolute atomic E-state index is 0.289. The maximum Gasteiger partial charge on any atom is 0.434 e. The normalized spacial score (nSPS) is 12.0. The molecule has 22 heavy (non-hydrogen) atoms. The molecule has 0 aliphatic rings. The molecule has 0 aliphatic heterocycles. The summed E-state index contributed by atoms with van der Waals surface area (Å²) in [5.41, 5.74) is 1.30. The van der Waals surface area contributed by atoms with Gasteiger partial charge in [-0.1, -0.05) is 25.1 Å². The number of fused-ring (bicyclic) bond motifs is 1. The molecule has 3 rings (SSSR count). The number of pyridine rings is 1. The van der Waals surface area contributed by atoms with E-state index in [0.717, 1.165) is 28.0 Å². The minimum atomic E-state index is -4.43. The lowest BCUT2D eigenvalue weighted by Crippen LogP contribution is -2.04. The predicted octanol–water partition coefficient (Wildman–Crippen LogP) is 5.13. The first kappa shape index (κ1) is 15.0. The smallest absolute Gasteiger partial charge is 0.306 e. The van der Waals surface area contributed by atoms with Crippen LogP contribution < -0.4 is 0 Å². The third-order valence-electron chi connectivity index (χ3n) is 3.24. The molecule has 0 aliphatic carbocycles. The number of hydrogen-bond donors (Lipinski definition) is 0. The van der Waals surface area contributed by atoms with E-state index in [2.05, 4.69) is 11.9 Å². The molecule has 2 nitrogen and oxygen atoms in total. The van der Waals surface area contributed by atoms with Crippen molar-refractivity contribution >= 4 is 17.4 Å². The van der Waals surface area contributed by atoms with Crippen molar-refractivity contribution in [1.29, 1.82) is 0 Å². The summed E-state index contributed by atoms with van der Waals surface area (Å²) in [5.74, 6) is 0.933. The molecule has 2 aromatic heterocycles. The van der Waals surface area contributed by atoms with Gasteiger partial charge in [-0.15, -0.1) is 11.8 Å². The van der Waals surface area contributed by atoms with Gasteiger partial charge < -0.3 is 4.40 Å². The summed E-state index contributed by atoms with van der Waals surface area (Å²) >= 11 is 1.71. The van der Waals surface area contributed by atoms with E-state index < -0.39 is 11.9 Å². The van der Waals surface area contributed by atoms with Gasteiger partial charge in [-0.05, 0) is 35.1 Å². The van der Waals surface area contributed by atoms with Crippen LogP contribution in [0.25, 0.3) is 16.8 Å². The molecule has 3 aromatic rings. The molecule has 0 fully saturated rings. The summed E-state index contributed by atoms with van der Waals surface area (Å²) in [4.78, 5) is 4.72. The maximum absolute atomic E-state index is 12.7. The summed E-state index contributed by atoms with van der Waals surface area (Å²) in [7, 11) is 0. The Kier molecular flexibility index (Phi) is 3.87. The highest BCUT2D eigenvalue weighted by Crippen LogP contribution is 2.32. The van der Waals surface area contributed by atoms with Crippen molar-refractivity contribution in [3.05, 3.63) is 54.5 Å². The monoisotopic (exact) mass is 322 g/mol. The van der Waals surface area contributed by atoms with Crippen LogP contribution in [0, 0.1) is 0 Å². The van der Waals surface area contributed by atoms with Crippen LogP contribution >= 0.6 is 11.8 Å². The molecule has 0 saturated carbocycles. The van der Waals surface area contributed by atoms with Gasteiger partial charge in [-0.3, -0.25) is 0 Å². The van der Waals surface area contributed by atoms with Crippen LogP contribution in [-0.4, -0.2) is 15.1 Å². The van der Waals surface area contributed by atoms with Gasteiger partial charge >= 0.3 is 6.18 Å². The van der Waals surface area contributed by atoms with E-state index in [-0.39, 0.29) is 5.65 Å². The molecule has 0 spiro atoms. The van der Waals surface area contributed by atoms with E-state index in [1.165, 1.54) is 4.40 Å². The largest absolute Gasteiger partial charge is 0.434 e. The Morgan fingerprint density at radius 1 is 1.09 bits per heavy atom. The van der Waals surface area contributed by atoms with Crippen molar-refractivity contribution in [2.45, 2.75) is 18.0 Å². The molecule has 0 radical (unpaired) electrons. The number of aromatic nitrogens is 2. The van der Waals surface area contributed by atoms with E-state index >= 15 is 0 Å². The lowest BCUT2D eigenvalue weighted by molar-refractivity contribution is -0.140. The van der Waals surface area contributed by atoms with Crippen LogP contribution in [0.15, 0.2) is 53.7 Å². The van der Waals surface area contributed by atoms with E-state index in [1.807, 2.05) is 24.3 Å². The van der Waals surface area contributed by atoms with Gasteiger partial charge in [0, 0.05) is 17.3 Å². The Balaban J connectivity index is 2.09. The van der Waals surface area contributed by atoms with Crippen LogP contribution in [0.3, 0.4) is 0 Å². The van der Waals surface area contributed by atoms with Gasteiger partial charge in [-0.2, -0.15) is 13.2 Å². The standard InChI is InChI=1S/C16H13F3N2S/c1-2-22-13-6-4-3-5-12(13)11-7-8-15-20-14(16(17,18)19)10-21(15)9-11/h3-10H,2H2,1H3. The Morgan fingerprint density at radius 3 is 2.59 bits per heavy atom. The van der Waals surface area contributed by atoms with Gasteiger partial charge in [0.05, 0.1) is 0 Å². The van der Waals surface area contributed by atoms with Crippen LogP contribution in [-0.2, 0) is 6.18 Å². The highest BCUT2D eigenvalue weighted by molar-refractivity contribution is 7.99. The lowest BCUT2D eigenvalue weighted by Gasteiger charge is -2.08. The summed E-state index contributed by atoms with van der Waals surface area (Å²) in [6, 6.07) is 11.3. The second-order valence-electron chi connectivity index (χ2n) is 4.74. The van der Waals surface area contributed by atoms with E-state index in [9.17, 15) is 13.2 Å². The number of thioether (sulfide) groups is 1. The average molecular weight is 322 g/mol. The fourth-order valence-electron chi connectivity index (χ4n) is 2.27. The van der Waals surface area contributed by atoms with Gasteiger partial charge in [0.25, 0.3) is 0 Å². The predicted molar refractivity (Wildman–Crippen MR) is 82.0 cm³/mol. The molecule has 2 heterocycles. The van der Waals surface area contributed by atoms with Crippen LogP contribution in [0.5, 0.6) is 0 Å². The molecule has 1 aromatic carbocycles. The molecule has 0 amide bonds. The molecule has 0 N–H and O–H groups in total. The summed E-state index contributed by atoms with van der Waals surface area (Å²) in [5, 5.41) is 0. The molecule has 114 valence electrons. The van der Waals surface area contributed by atoms with Gasteiger partial charge in [0.15, 0.2) is 5.69 Å². The number of alkyl halides is 3. The quantitative estimate of drug-likeness (QED) is 0.622. The summed E-state index contributed by atoms with van der Waals surface area (Å²) in [6.07, 6.45) is -1.72. The van der Waals surface area contributed by atoms with Crippen molar-refractivity contribution < 1.29 is 13.2 Å².